The molecule has 1 aromatic carbocycles. The van der Waals surface area contributed by atoms with Crippen LogP contribution in [-0.4, -0.2) is 44.4 Å². The summed E-state index contributed by atoms with van der Waals surface area (Å²) in [6, 6.07) is 7.68. The fraction of sp³-hybridized carbons (Fsp3) is 0.389. The lowest BCUT2D eigenvalue weighted by Gasteiger charge is -2.27. The second kappa shape index (κ2) is 8.42. The first-order valence-electron chi connectivity index (χ1n) is 8.23. The van der Waals surface area contributed by atoms with Crippen LogP contribution in [0, 0.1) is 6.92 Å². The van der Waals surface area contributed by atoms with Crippen molar-refractivity contribution in [3.63, 3.8) is 0 Å². The highest BCUT2D eigenvalue weighted by Gasteiger charge is 2.18. The molecule has 1 aromatic heterocycles. The van der Waals surface area contributed by atoms with Gasteiger partial charge in [0.15, 0.2) is 0 Å². The Bertz CT molecular complexity index is 724. The molecule has 0 aliphatic carbocycles. The minimum absolute atomic E-state index is 0.150. The maximum absolute atomic E-state index is 12.5. The number of aromatic nitrogens is 1. The van der Waals surface area contributed by atoms with Crippen LogP contribution in [0.2, 0.25) is 0 Å². The highest BCUT2D eigenvalue weighted by molar-refractivity contribution is 7.19. The second-order valence-corrected chi connectivity index (χ2v) is 6.77. The lowest BCUT2D eigenvalue weighted by molar-refractivity contribution is 0.123. The van der Waals surface area contributed by atoms with Crippen LogP contribution in [0.3, 0.4) is 0 Å². The Morgan fingerprint density at radius 2 is 2.08 bits per heavy atom. The zero-order valence-corrected chi connectivity index (χ0v) is 15.0. The predicted octanol–water partition coefficient (Wildman–Crippen LogP) is 3.15. The molecular formula is C18H22FN3O2S. The Hall–Kier alpha value is -1.96. The summed E-state index contributed by atoms with van der Waals surface area (Å²) in [4.78, 5) is 7.03. The summed E-state index contributed by atoms with van der Waals surface area (Å²) in [5.41, 5.74) is 7.93. The molecule has 0 spiro atoms. The standard InChI is InChI=1S/C18H22FN3O2S/c1-13-18(22-6-8-23-9-7-22)25-17(21-13)15-2-4-16(5-3-15)24-12-14(10-19)11-20/h2-5,10H,6-9,11-12,20H2,1H3/b14-10+. The molecule has 0 amide bonds. The maximum Gasteiger partial charge on any atom is 0.125 e. The fourth-order valence-electron chi connectivity index (χ4n) is 2.58. The van der Waals surface area contributed by atoms with Gasteiger partial charge in [0, 0.05) is 30.8 Å². The van der Waals surface area contributed by atoms with E-state index in [1.807, 2.05) is 31.2 Å². The van der Waals surface area contributed by atoms with Gasteiger partial charge in [-0.15, -0.1) is 0 Å². The number of hydrogen-bond donors (Lipinski definition) is 1. The van der Waals surface area contributed by atoms with Crippen LogP contribution >= 0.6 is 11.3 Å². The van der Waals surface area contributed by atoms with E-state index >= 15 is 0 Å². The van der Waals surface area contributed by atoms with E-state index < -0.39 is 0 Å². The summed E-state index contributed by atoms with van der Waals surface area (Å²) >= 11 is 1.69. The number of nitrogens with two attached hydrogens (primary N) is 1. The number of morpholine rings is 1. The smallest absolute Gasteiger partial charge is 0.125 e. The lowest BCUT2D eigenvalue weighted by Crippen LogP contribution is -2.36. The molecule has 0 bridgehead atoms. The van der Waals surface area contributed by atoms with Crippen molar-refractivity contribution in [2.45, 2.75) is 6.92 Å². The summed E-state index contributed by atoms with van der Waals surface area (Å²) in [5, 5.41) is 2.19. The van der Waals surface area contributed by atoms with E-state index in [2.05, 4.69) is 4.90 Å². The first-order valence-corrected chi connectivity index (χ1v) is 9.04. The Morgan fingerprint density at radius 1 is 1.36 bits per heavy atom. The van der Waals surface area contributed by atoms with Gasteiger partial charge in [-0.3, -0.25) is 0 Å². The molecule has 7 heteroatoms. The van der Waals surface area contributed by atoms with Gasteiger partial charge in [0.25, 0.3) is 0 Å². The molecule has 25 heavy (non-hydrogen) atoms. The van der Waals surface area contributed by atoms with Crippen LogP contribution in [0.5, 0.6) is 5.75 Å². The number of thiazole rings is 1. The van der Waals surface area contributed by atoms with Gasteiger partial charge in [-0.25, -0.2) is 9.37 Å². The molecule has 1 fully saturated rings. The van der Waals surface area contributed by atoms with Crippen LogP contribution in [-0.2, 0) is 4.74 Å². The third kappa shape index (κ3) is 4.36. The molecule has 0 saturated carbocycles. The van der Waals surface area contributed by atoms with E-state index in [-0.39, 0.29) is 13.2 Å². The van der Waals surface area contributed by atoms with Gasteiger partial charge >= 0.3 is 0 Å². The topological polar surface area (TPSA) is 60.6 Å². The zero-order chi connectivity index (χ0) is 17.6. The predicted molar refractivity (Wildman–Crippen MR) is 99.1 cm³/mol. The normalized spacial score (nSPS) is 15.5. The van der Waals surface area contributed by atoms with Crippen molar-refractivity contribution < 1.29 is 13.9 Å². The molecule has 0 unspecified atom stereocenters. The van der Waals surface area contributed by atoms with Crippen LogP contribution in [0.25, 0.3) is 10.6 Å². The number of nitrogens with zero attached hydrogens (tertiary/aromatic N) is 2. The summed E-state index contributed by atoms with van der Waals surface area (Å²) in [7, 11) is 0. The lowest BCUT2D eigenvalue weighted by atomic mass is 10.2. The van der Waals surface area contributed by atoms with Crippen LogP contribution in [0.4, 0.5) is 9.39 Å². The first-order chi connectivity index (χ1) is 12.2. The van der Waals surface area contributed by atoms with E-state index in [0.717, 1.165) is 42.6 Å². The summed E-state index contributed by atoms with van der Waals surface area (Å²) in [6.07, 6.45) is 0.500. The Balaban J connectivity index is 1.70. The van der Waals surface area contributed by atoms with Crippen molar-refractivity contribution in [1.29, 1.82) is 0 Å². The van der Waals surface area contributed by atoms with Crippen molar-refractivity contribution in [1.82, 2.24) is 4.98 Å². The average molecular weight is 363 g/mol. The molecule has 2 N–H and O–H groups in total. The van der Waals surface area contributed by atoms with E-state index in [9.17, 15) is 4.39 Å². The van der Waals surface area contributed by atoms with Gasteiger partial charge in [-0.1, -0.05) is 11.3 Å². The number of ether oxygens (including phenoxy) is 2. The fourth-order valence-corrected chi connectivity index (χ4v) is 3.70. The first kappa shape index (κ1) is 17.8. The van der Waals surface area contributed by atoms with Gasteiger partial charge in [-0.05, 0) is 31.2 Å². The van der Waals surface area contributed by atoms with Crippen molar-refractivity contribution in [3.8, 4) is 16.3 Å². The molecule has 0 radical (unpaired) electrons. The Morgan fingerprint density at radius 3 is 2.72 bits per heavy atom. The second-order valence-electron chi connectivity index (χ2n) is 5.79. The Kier molecular flexibility index (Phi) is 6.01. The number of rotatable bonds is 6. The molecule has 1 saturated heterocycles. The number of anilines is 1. The third-order valence-corrected chi connectivity index (χ3v) is 5.28. The van der Waals surface area contributed by atoms with Crippen molar-refractivity contribution in [3.05, 3.63) is 41.9 Å². The summed E-state index contributed by atoms with van der Waals surface area (Å²) in [6.45, 7) is 5.68. The SMILES string of the molecule is Cc1nc(-c2ccc(OC/C(=C/F)CN)cc2)sc1N1CCOCC1. The van der Waals surface area contributed by atoms with E-state index in [4.69, 9.17) is 20.2 Å². The Labute approximate surface area is 150 Å². The monoisotopic (exact) mass is 363 g/mol. The minimum atomic E-state index is 0.150. The van der Waals surface area contributed by atoms with Crippen molar-refractivity contribution >= 4 is 16.3 Å². The van der Waals surface area contributed by atoms with Gasteiger partial charge in [0.1, 0.15) is 22.4 Å². The molecular weight excluding hydrogens is 341 g/mol. The quantitative estimate of drug-likeness (QED) is 0.854. The van der Waals surface area contributed by atoms with Crippen LogP contribution in [0.15, 0.2) is 36.2 Å². The number of benzene rings is 1. The highest BCUT2D eigenvalue weighted by Crippen LogP contribution is 2.35. The molecule has 2 heterocycles. The average Bonchev–Trinajstić information content (AvgIpc) is 3.05. The molecule has 0 atom stereocenters. The largest absolute Gasteiger partial charge is 0.489 e. The molecule has 5 nitrogen and oxygen atoms in total. The molecule has 2 aromatic rings. The van der Waals surface area contributed by atoms with Crippen molar-refractivity contribution in [2.75, 3.05) is 44.4 Å². The van der Waals surface area contributed by atoms with Crippen LogP contribution < -0.4 is 15.4 Å². The number of hydrogen-bond acceptors (Lipinski definition) is 6. The van der Waals surface area contributed by atoms with Crippen LogP contribution in [0.1, 0.15) is 5.69 Å². The summed E-state index contributed by atoms with van der Waals surface area (Å²) in [5.74, 6) is 0.679. The summed E-state index contributed by atoms with van der Waals surface area (Å²) < 4.78 is 23.5. The van der Waals surface area contributed by atoms with Gasteiger partial charge < -0.3 is 20.1 Å². The van der Waals surface area contributed by atoms with E-state index in [0.29, 0.717) is 17.7 Å². The highest BCUT2D eigenvalue weighted by atomic mass is 32.1. The van der Waals surface area contributed by atoms with Gasteiger partial charge in [-0.2, -0.15) is 0 Å². The number of aryl methyl sites for hydroxylation is 1. The van der Waals surface area contributed by atoms with Crippen molar-refractivity contribution in [2.24, 2.45) is 5.73 Å². The zero-order valence-electron chi connectivity index (χ0n) is 14.2. The minimum Gasteiger partial charge on any atom is -0.489 e. The molecule has 1 aliphatic heterocycles. The van der Waals surface area contributed by atoms with E-state index in [1.54, 1.807) is 11.3 Å². The molecule has 134 valence electrons. The van der Waals surface area contributed by atoms with Gasteiger partial charge in [0.05, 0.1) is 25.2 Å². The van der Waals surface area contributed by atoms with E-state index in [1.165, 1.54) is 5.00 Å². The maximum atomic E-state index is 12.5. The number of halogens is 1. The molecule has 3 rings (SSSR count). The third-order valence-electron chi connectivity index (χ3n) is 4.01. The molecule has 1 aliphatic rings. The van der Waals surface area contributed by atoms with Gasteiger partial charge in [0.2, 0.25) is 0 Å².